The van der Waals surface area contributed by atoms with Crippen molar-refractivity contribution in [3.63, 3.8) is 0 Å². The Bertz CT molecular complexity index is 1900. The van der Waals surface area contributed by atoms with E-state index in [1.54, 1.807) is 120 Å². The third kappa shape index (κ3) is 19.1. The van der Waals surface area contributed by atoms with Gasteiger partial charge < -0.3 is 41.2 Å². The Labute approximate surface area is 346 Å². The highest BCUT2D eigenvalue weighted by molar-refractivity contribution is 5.95. The van der Waals surface area contributed by atoms with Crippen LogP contribution in [0.4, 0.5) is 9.59 Å². The van der Waals surface area contributed by atoms with E-state index in [4.69, 9.17) is 9.47 Å². The Kier molecular flexibility index (Phi) is 18.4. The fraction of sp³-hybridized carbons (Fsp3) is 0.422. The van der Waals surface area contributed by atoms with Gasteiger partial charge in [-0.3, -0.25) is 14.4 Å². The Balaban J connectivity index is 1.84. The molecule has 0 aliphatic carbocycles. The number of alkyl carbamates (subject to hydrolysis) is 2. The number of nitrogens with one attached hydrogen (secondary N) is 5. The topological polar surface area (TPSA) is 201 Å². The van der Waals surface area contributed by atoms with E-state index >= 15 is 0 Å². The van der Waals surface area contributed by atoms with Crippen molar-refractivity contribution < 1.29 is 43.3 Å². The highest BCUT2D eigenvalue weighted by atomic mass is 16.6. The van der Waals surface area contributed by atoms with Crippen molar-refractivity contribution in [1.82, 2.24) is 26.6 Å². The molecule has 4 atom stereocenters. The van der Waals surface area contributed by atoms with Gasteiger partial charge in [-0.1, -0.05) is 90.7 Å². The molecule has 0 aliphatic heterocycles. The molecule has 0 spiro atoms. The third-order valence-corrected chi connectivity index (χ3v) is 8.35. The van der Waals surface area contributed by atoms with Gasteiger partial charge in [-0.25, -0.2) is 14.4 Å². The monoisotopic (exact) mass is 811 g/mol. The van der Waals surface area contributed by atoms with Crippen LogP contribution < -0.4 is 26.6 Å². The zero-order valence-corrected chi connectivity index (χ0v) is 34.6. The SMILES string of the molecule is CC(C)(C)OC(=O)NCCCC[C@@H](NC(=O)[C@@H](CC#Cc1ccccc1)NC(=O)[C@@H](Cc1ccccc1)NC(=O)[C@@H](Cc1ccccc1)NC(=O)OC(C)(C)C)C(=O)O. The van der Waals surface area contributed by atoms with E-state index in [2.05, 4.69) is 38.4 Å². The molecule has 14 heteroatoms. The van der Waals surface area contributed by atoms with E-state index in [9.17, 15) is 33.9 Å². The molecule has 0 heterocycles. The molecule has 6 N–H and O–H groups in total. The average molecular weight is 812 g/mol. The minimum absolute atomic E-state index is 0.0159. The summed E-state index contributed by atoms with van der Waals surface area (Å²) in [5, 5.41) is 23.3. The molecular formula is C45H57N5O9. The number of ether oxygens (including phenoxy) is 2. The van der Waals surface area contributed by atoms with Crippen LogP contribution >= 0.6 is 0 Å². The lowest BCUT2D eigenvalue weighted by Crippen LogP contribution is -2.58. The first-order valence-electron chi connectivity index (χ1n) is 19.6. The minimum Gasteiger partial charge on any atom is -0.480 e. The molecule has 0 fully saturated rings. The van der Waals surface area contributed by atoms with Crippen molar-refractivity contribution in [3.05, 3.63) is 108 Å². The summed E-state index contributed by atoms with van der Waals surface area (Å²) in [5.74, 6) is 2.39. The highest BCUT2D eigenvalue weighted by Crippen LogP contribution is 2.12. The van der Waals surface area contributed by atoms with Gasteiger partial charge in [0, 0.05) is 31.4 Å². The summed E-state index contributed by atoms with van der Waals surface area (Å²) in [4.78, 5) is 79.2. The molecule has 3 aromatic rings. The van der Waals surface area contributed by atoms with Crippen LogP contribution in [0, 0.1) is 11.8 Å². The van der Waals surface area contributed by atoms with Gasteiger partial charge in [0.05, 0.1) is 0 Å². The van der Waals surface area contributed by atoms with Crippen molar-refractivity contribution >= 4 is 35.9 Å². The molecule has 316 valence electrons. The summed E-state index contributed by atoms with van der Waals surface area (Å²) in [7, 11) is 0. The maximum Gasteiger partial charge on any atom is 0.408 e. The van der Waals surface area contributed by atoms with Gasteiger partial charge in [-0.05, 0) is 84.1 Å². The predicted octanol–water partition coefficient (Wildman–Crippen LogP) is 5.04. The van der Waals surface area contributed by atoms with Crippen LogP contribution in [0.3, 0.4) is 0 Å². The Morgan fingerprint density at radius 1 is 0.576 bits per heavy atom. The third-order valence-electron chi connectivity index (χ3n) is 8.35. The van der Waals surface area contributed by atoms with Crippen LogP contribution in [0.2, 0.25) is 0 Å². The minimum atomic E-state index is -1.33. The molecule has 0 saturated heterocycles. The van der Waals surface area contributed by atoms with Gasteiger partial charge in [0.1, 0.15) is 35.4 Å². The smallest absolute Gasteiger partial charge is 0.408 e. The van der Waals surface area contributed by atoms with Crippen LogP contribution in [-0.2, 0) is 41.5 Å². The Hall–Kier alpha value is -6.36. The first-order chi connectivity index (χ1) is 27.9. The second kappa shape index (κ2) is 23.1. The zero-order chi connectivity index (χ0) is 43.4. The summed E-state index contributed by atoms with van der Waals surface area (Å²) in [5.41, 5.74) is 0.596. The van der Waals surface area contributed by atoms with Gasteiger partial charge in [0.2, 0.25) is 17.7 Å². The number of unbranched alkanes of at least 4 members (excludes halogenated alkanes) is 1. The standard InChI is InChI=1S/C45H57N5O9/c1-44(2,3)58-42(56)46-28-17-16-26-35(41(54)55)48-38(51)34(27-18-25-31-19-10-7-11-20-31)47-39(52)36(29-32-21-12-8-13-22-32)49-40(53)37(30-33-23-14-9-15-24-33)50-43(57)59-45(4,5)6/h7-15,19-24,34-37H,16-17,26-30H2,1-6H3,(H,46,56)(H,47,52)(H,48,51)(H,49,53)(H,50,57)(H,54,55)/t34-,35-,36-,37-/m1/s1. The van der Waals surface area contributed by atoms with E-state index in [-0.39, 0.29) is 32.2 Å². The quantitative estimate of drug-likeness (QED) is 0.0752. The van der Waals surface area contributed by atoms with Crippen molar-refractivity contribution in [3.8, 4) is 11.8 Å². The van der Waals surface area contributed by atoms with Gasteiger partial charge in [0.25, 0.3) is 0 Å². The van der Waals surface area contributed by atoms with Crippen LogP contribution in [-0.4, -0.2) is 82.9 Å². The van der Waals surface area contributed by atoms with E-state index < -0.39 is 71.2 Å². The molecule has 14 nitrogen and oxygen atoms in total. The Morgan fingerprint density at radius 2 is 1.02 bits per heavy atom. The van der Waals surface area contributed by atoms with Crippen LogP contribution in [0.1, 0.15) is 83.9 Å². The van der Waals surface area contributed by atoms with E-state index in [0.29, 0.717) is 24.0 Å². The number of carboxylic acids is 1. The van der Waals surface area contributed by atoms with E-state index in [1.165, 1.54) is 0 Å². The maximum absolute atomic E-state index is 14.2. The lowest BCUT2D eigenvalue weighted by molar-refractivity contribution is -0.142. The van der Waals surface area contributed by atoms with Gasteiger partial charge >= 0.3 is 18.2 Å². The van der Waals surface area contributed by atoms with Crippen molar-refractivity contribution in [2.24, 2.45) is 0 Å². The number of benzene rings is 3. The number of carboxylic acid groups (broad SMARTS) is 1. The number of hydrogen-bond donors (Lipinski definition) is 6. The first-order valence-corrected chi connectivity index (χ1v) is 19.6. The molecule has 0 aromatic heterocycles. The van der Waals surface area contributed by atoms with Crippen molar-refractivity contribution in [2.45, 2.75) is 115 Å². The lowest BCUT2D eigenvalue weighted by Gasteiger charge is -2.26. The van der Waals surface area contributed by atoms with Crippen LogP contribution in [0.5, 0.6) is 0 Å². The largest absolute Gasteiger partial charge is 0.480 e. The summed E-state index contributed by atoms with van der Waals surface area (Å²) in [6.45, 7) is 10.5. The second-order valence-corrected chi connectivity index (χ2v) is 15.9. The molecular weight excluding hydrogens is 755 g/mol. The molecule has 59 heavy (non-hydrogen) atoms. The second-order valence-electron chi connectivity index (χ2n) is 15.9. The molecule has 0 unspecified atom stereocenters. The Morgan fingerprint density at radius 3 is 1.53 bits per heavy atom. The molecule has 3 rings (SSSR count). The number of rotatable bonds is 18. The van der Waals surface area contributed by atoms with Gasteiger partial charge in [-0.2, -0.15) is 0 Å². The molecule has 3 aromatic carbocycles. The normalized spacial score (nSPS) is 13.1. The van der Waals surface area contributed by atoms with Gasteiger partial charge in [0.15, 0.2) is 0 Å². The fourth-order valence-electron chi connectivity index (χ4n) is 5.61. The summed E-state index contributed by atoms with van der Waals surface area (Å²) < 4.78 is 10.7. The molecule has 0 saturated carbocycles. The number of aliphatic carboxylic acids is 1. The molecule has 0 bridgehead atoms. The van der Waals surface area contributed by atoms with E-state index in [1.807, 2.05) is 12.1 Å². The fourth-order valence-corrected chi connectivity index (χ4v) is 5.61. The highest BCUT2D eigenvalue weighted by Gasteiger charge is 2.32. The average Bonchev–Trinajstić information content (AvgIpc) is 3.16. The van der Waals surface area contributed by atoms with E-state index in [0.717, 1.165) is 5.56 Å². The maximum atomic E-state index is 14.2. The zero-order valence-electron chi connectivity index (χ0n) is 34.6. The summed E-state index contributed by atoms with van der Waals surface area (Å²) in [6.07, 6.45) is -0.723. The first kappa shape index (κ1) is 47.0. The number of carbonyl (C=O) groups is 6. The number of hydrogen-bond acceptors (Lipinski definition) is 8. The molecule has 0 aliphatic rings. The van der Waals surface area contributed by atoms with Crippen molar-refractivity contribution in [1.29, 1.82) is 0 Å². The molecule has 0 radical (unpaired) electrons. The number of amides is 5. The van der Waals surface area contributed by atoms with Crippen LogP contribution in [0.25, 0.3) is 0 Å². The van der Waals surface area contributed by atoms with Crippen LogP contribution in [0.15, 0.2) is 91.0 Å². The summed E-state index contributed by atoms with van der Waals surface area (Å²) in [6, 6.07) is 21.9. The lowest BCUT2D eigenvalue weighted by atomic mass is 10.0. The van der Waals surface area contributed by atoms with Crippen molar-refractivity contribution in [2.75, 3.05) is 6.54 Å². The number of carbonyl (C=O) groups excluding carboxylic acids is 5. The summed E-state index contributed by atoms with van der Waals surface area (Å²) >= 11 is 0. The predicted molar refractivity (Wildman–Crippen MR) is 223 cm³/mol. The molecule has 5 amide bonds. The van der Waals surface area contributed by atoms with Gasteiger partial charge in [-0.15, -0.1) is 0 Å².